The van der Waals surface area contributed by atoms with Gasteiger partial charge in [0, 0.05) is 10.9 Å². The third-order valence-corrected chi connectivity index (χ3v) is 2.66. The van der Waals surface area contributed by atoms with Crippen LogP contribution in [0.5, 0.6) is 0 Å². The molecule has 0 atom stereocenters. The largest absolute Gasteiger partial charge is 0.459 e. The molecule has 0 unspecified atom stereocenters. The number of aromatic nitrogens is 2. The predicted molar refractivity (Wildman–Crippen MR) is 67.2 cm³/mol. The number of ether oxygens (including phenoxy) is 1. The smallest absolute Gasteiger partial charge is 0.397 e. The van der Waals surface area contributed by atoms with Gasteiger partial charge >= 0.3 is 11.9 Å². The number of carbonyl (C=O) groups excluding carboxylic acids is 1. The van der Waals surface area contributed by atoms with Crippen molar-refractivity contribution in [1.29, 1.82) is 0 Å². The van der Waals surface area contributed by atoms with Crippen molar-refractivity contribution in [3.8, 4) is 0 Å². The van der Waals surface area contributed by atoms with Gasteiger partial charge in [0.1, 0.15) is 0 Å². The van der Waals surface area contributed by atoms with Crippen LogP contribution in [0, 0.1) is 0 Å². The van der Waals surface area contributed by atoms with Gasteiger partial charge < -0.3 is 9.26 Å². The van der Waals surface area contributed by atoms with Gasteiger partial charge in [-0.3, -0.25) is 0 Å². The zero-order valence-corrected chi connectivity index (χ0v) is 11.3. The highest BCUT2D eigenvalue weighted by Gasteiger charge is 2.16. The Bertz CT molecular complexity index is 554. The van der Waals surface area contributed by atoms with E-state index in [1.807, 2.05) is 24.3 Å². The van der Waals surface area contributed by atoms with E-state index in [4.69, 9.17) is 9.26 Å². The van der Waals surface area contributed by atoms with Crippen molar-refractivity contribution in [2.24, 2.45) is 0 Å². The highest BCUT2D eigenvalue weighted by molar-refractivity contribution is 9.10. The van der Waals surface area contributed by atoms with Gasteiger partial charge in [-0.25, -0.2) is 4.79 Å². The molecule has 0 amide bonds. The maximum absolute atomic E-state index is 11.3. The van der Waals surface area contributed by atoms with Gasteiger partial charge in [0.25, 0.3) is 0 Å². The van der Waals surface area contributed by atoms with Gasteiger partial charge in [-0.05, 0) is 24.6 Å². The number of benzene rings is 1. The molecule has 0 spiro atoms. The van der Waals surface area contributed by atoms with E-state index >= 15 is 0 Å². The van der Waals surface area contributed by atoms with Crippen LogP contribution in [-0.4, -0.2) is 22.7 Å². The number of carbonyl (C=O) groups is 1. The number of nitrogens with zero attached hydrogens (tertiary/aromatic N) is 2. The van der Waals surface area contributed by atoms with Gasteiger partial charge in [-0.15, -0.1) is 0 Å². The quantitative estimate of drug-likeness (QED) is 0.812. The topological polar surface area (TPSA) is 65.2 Å². The molecule has 5 nitrogen and oxygen atoms in total. The Hall–Kier alpha value is -1.69. The number of hydrogen-bond acceptors (Lipinski definition) is 5. The number of rotatable bonds is 4. The fraction of sp³-hybridized carbons (Fsp3) is 0.250. The predicted octanol–water partition coefficient (Wildman–Crippen LogP) is 2.60. The van der Waals surface area contributed by atoms with Crippen LogP contribution in [0.4, 0.5) is 0 Å². The molecule has 2 rings (SSSR count). The van der Waals surface area contributed by atoms with Crippen molar-refractivity contribution in [1.82, 2.24) is 10.1 Å². The SMILES string of the molecule is CCOC(=O)c1nc(Cc2cccc(Br)c2)no1. The van der Waals surface area contributed by atoms with Gasteiger partial charge in [0.2, 0.25) is 0 Å². The lowest BCUT2D eigenvalue weighted by Crippen LogP contribution is -2.05. The van der Waals surface area contributed by atoms with Crippen LogP contribution in [0.2, 0.25) is 0 Å². The molecular formula is C12H11BrN2O3. The average Bonchev–Trinajstić information content (AvgIpc) is 2.78. The maximum atomic E-state index is 11.3. The summed E-state index contributed by atoms with van der Waals surface area (Å²) in [4.78, 5) is 15.3. The molecule has 0 saturated carbocycles. The molecule has 6 heteroatoms. The van der Waals surface area contributed by atoms with Crippen LogP contribution in [0.25, 0.3) is 0 Å². The van der Waals surface area contributed by atoms with Crippen LogP contribution < -0.4 is 0 Å². The van der Waals surface area contributed by atoms with Crippen LogP contribution in [0.3, 0.4) is 0 Å². The second kappa shape index (κ2) is 5.77. The van der Waals surface area contributed by atoms with Crippen LogP contribution in [0.1, 0.15) is 29.0 Å². The molecule has 0 aliphatic carbocycles. The minimum absolute atomic E-state index is 0.109. The molecule has 0 saturated heterocycles. The Morgan fingerprint density at radius 3 is 3.06 bits per heavy atom. The average molecular weight is 311 g/mol. The van der Waals surface area contributed by atoms with Gasteiger partial charge in [0.05, 0.1) is 6.61 Å². The van der Waals surface area contributed by atoms with E-state index in [-0.39, 0.29) is 12.5 Å². The molecule has 0 aliphatic rings. The summed E-state index contributed by atoms with van der Waals surface area (Å²) >= 11 is 3.39. The Balaban J connectivity index is 2.09. The lowest BCUT2D eigenvalue weighted by atomic mass is 10.1. The molecule has 1 aromatic carbocycles. The van der Waals surface area contributed by atoms with Gasteiger partial charge in [-0.1, -0.05) is 33.2 Å². The highest BCUT2D eigenvalue weighted by atomic mass is 79.9. The molecule has 18 heavy (non-hydrogen) atoms. The summed E-state index contributed by atoms with van der Waals surface area (Å²) in [6.45, 7) is 2.00. The van der Waals surface area contributed by atoms with Crippen molar-refractivity contribution in [3.63, 3.8) is 0 Å². The molecule has 1 aromatic heterocycles. The summed E-state index contributed by atoms with van der Waals surface area (Å²) < 4.78 is 10.6. The first-order valence-corrected chi connectivity index (χ1v) is 6.22. The first-order chi connectivity index (χ1) is 8.69. The van der Waals surface area contributed by atoms with Crippen molar-refractivity contribution >= 4 is 21.9 Å². The van der Waals surface area contributed by atoms with Crippen LogP contribution in [0.15, 0.2) is 33.3 Å². The Kier molecular flexibility index (Phi) is 4.09. The molecule has 0 radical (unpaired) electrons. The van der Waals surface area contributed by atoms with E-state index < -0.39 is 5.97 Å². The van der Waals surface area contributed by atoms with Crippen LogP contribution >= 0.6 is 15.9 Å². The van der Waals surface area contributed by atoms with E-state index in [0.29, 0.717) is 12.2 Å². The summed E-state index contributed by atoms with van der Waals surface area (Å²) in [5, 5.41) is 3.74. The van der Waals surface area contributed by atoms with E-state index in [2.05, 4.69) is 26.1 Å². The molecule has 1 heterocycles. The molecule has 0 bridgehead atoms. The Morgan fingerprint density at radius 1 is 1.50 bits per heavy atom. The molecule has 0 fully saturated rings. The van der Waals surface area contributed by atoms with E-state index in [1.165, 1.54) is 0 Å². The van der Waals surface area contributed by atoms with Gasteiger partial charge in [-0.2, -0.15) is 4.98 Å². The standard InChI is InChI=1S/C12H11BrN2O3/c1-2-17-12(16)11-14-10(15-18-11)7-8-4-3-5-9(13)6-8/h3-6H,2,7H2,1H3. The maximum Gasteiger partial charge on any atom is 0.397 e. The summed E-state index contributed by atoms with van der Waals surface area (Å²) in [6, 6.07) is 7.76. The lowest BCUT2D eigenvalue weighted by molar-refractivity contribution is 0.0470. The third kappa shape index (κ3) is 3.16. The first-order valence-electron chi connectivity index (χ1n) is 5.43. The van der Waals surface area contributed by atoms with E-state index in [1.54, 1.807) is 6.92 Å². The zero-order valence-electron chi connectivity index (χ0n) is 9.72. The minimum Gasteiger partial charge on any atom is -0.459 e. The van der Waals surface area contributed by atoms with E-state index in [0.717, 1.165) is 10.0 Å². The zero-order chi connectivity index (χ0) is 13.0. The Morgan fingerprint density at radius 2 is 2.33 bits per heavy atom. The highest BCUT2D eigenvalue weighted by Crippen LogP contribution is 2.14. The monoisotopic (exact) mass is 310 g/mol. The second-order valence-electron chi connectivity index (χ2n) is 3.54. The van der Waals surface area contributed by atoms with Crippen molar-refractivity contribution in [3.05, 3.63) is 46.0 Å². The van der Waals surface area contributed by atoms with Crippen molar-refractivity contribution in [2.75, 3.05) is 6.61 Å². The third-order valence-electron chi connectivity index (χ3n) is 2.17. The molecule has 94 valence electrons. The second-order valence-corrected chi connectivity index (χ2v) is 4.46. The minimum atomic E-state index is -0.592. The number of esters is 1. The van der Waals surface area contributed by atoms with Gasteiger partial charge in [0.15, 0.2) is 5.82 Å². The summed E-state index contributed by atoms with van der Waals surface area (Å²) in [6.07, 6.45) is 0.502. The van der Waals surface area contributed by atoms with Crippen molar-refractivity contribution < 1.29 is 14.1 Å². The summed E-state index contributed by atoms with van der Waals surface area (Å²) in [5.41, 5.74) is 1.03. The van der Waals surface area contributed by atoms with Crippen LogP contribution in [-0.2, 0) is 11.2 Å². The molecule has 0 N–H and O–H groups in total. The van der Waals surface area contributed by atoms with Crippen molar-refractivity contribution in [2.45, 2.75) is 13.3 Å². The molecular weight excluding hydrogens is 300 g/mol. The Labute approximate surface area is 112 Å². The molecule has 0 aliphatic heterocycles. The number of hydrogen-bond donors (Lipinski definition) is 0. The normalized spacial score (nSPS) is 10.3. The summed E-state index contributed by atoms with van der Waals surface area (Å²) in [7, 11) is 0. The fourth-order valence-electron chi connectivity index (χ4n) is 1.43. The first kappa shape index (κ1) is 12.8. The van der Waals surface area contributed by atoms with E-state index in [9.17, 15) is 4.79 Å². The fourth-order valence-corrected chi connectivity index (χ4v) is 1.88. The number of halogens is 1. The summed E-state index contributed by atoms with van der Waals surface area (Å²) in [5.74, 6) is -0.247. The molecule has 2 aromatic rings. The lowest BCUT2D eigenvalue weighted by Gasteiger charge is -1.97.